The molecule has 2 fully saturated rings. The molecule has 2 aliphatic heterocycles. The Morgan fingerprint density at radius 2 is 1.83 bits per heavy atom. The van der Waals surface area contributed by atoms with Crippen LogP contribution in [0.4, 0.5) is 4.39 Å². The van der Waals surface area contributed by atoms with Crippen molar-refractivity contribution < 1.29 is 9.13 Å². The molecule has 0 aliphatic carbocycles. The lowest BCUT2D eigenvalue weighted by Gasteiger charge is -2.33. The van der Waals surface area contributed by atoms with Gasteiger partial charge in [-0.2, -0.15) is 0 Å². The molecular weight excluding hydrogens is 369 g/mol. The van der Waals surface area contributed by atoms with E-state index in [2.05, 4.69) is 9.88 Å². The molecule has 2 atom stereocenters. The molecule has 6 heteroatoms. The van der Waals surface area contributed by atoms with Gasteiger partial charge in [-0.3, -0.25) is 4.57 Å². The van der Waals surface area contributed by atoms with Gasteiger partial charge >= 0.3 is 5.69 Å². The van der Waals surface area contributed by atoms with Gasteiger partial charge in [0.15, 0.2) is 0 Å². The largest absolute Gasteiger partial charge is 0.373 e. The van der Waals surface area contributed by atoms with Gasteiger partial charge < -0.3 is 14.6 Å². The van der Waals surface area contributed by atoms with Crippen LogP contribution in [0.15, 0.2) is 53.3 Å². The number of imidazole rings is 1. The number of likely N-dealkylation sites (tertiary alicyclic amines) is 1. The predicted molar refractivity (Wildman–Crippen MR) is 110 cm³/mol. The number of halogens is 1. The van der Waals surface area contributed by atoms with Crippen LogP contribution in [-0.2, 0) is 4.74 Å². The molecule has 0 saturated carbocycles. The van der Waals surface area contributed by atoms with Gasteiger partial charge in [0.1, 0.15) is 5.82 Å². The Hall–Kier alpha value is -2.44. The molecular formula is C23H26FN3O2. The fraction of sp³-hybridized carbons (Fsp3) is 0.435. The van der Waals surface area contributed by atoms with E-state index in [9.17, 15) is 9.18 Å². The number of rotatable bonds is 4. The van der Waals surface area contributed by atoms with E-state index < -0.39 is 0 Å². The van der Waals surface area contributed by atoms with Gasteiger partial charge in [-0.05, 0) is 55.0 Å². The standard InChI is InChI=1S/C23H26FN3O2/c24-18-7-5-17(6-8-18)22-13-16(15-29-22)14-26-11-9-19(10-12-26)27-21-4-2-1-3-20(21)25-23(27)28/h1-8,16,19,22H,9-15H2,(H,25,28). The fourth-order valence-corrected chi connectivity index (χ4v) is 4.89. The van der Waals surface area contributed by atoms with Gasteiger partial charge in [0, 0.05) is 25.7 Å². The maximum atomic E-state index is 13.1. The number of nitrogens with zero attached hydrogens (tertiary/aromatic N) is 2. The number of aromatic amines is 1. The van der Waals surface area contributed by atoms with Crippen molar-refractivity contribution in [2.24, 2.45) is 5.92 Å². The van der Waals surface area contributed by atoms with E-state index in [1.54, 1.807) is 0 Å². The molecule has 3 heterocycles. The van der Waals surface area contributed by atoms with E-state index in [-0.39, 0.29) is 23.7 Å². The Morgan fingerprint density at radius 3 is 2.62 bits per heavy atom. The van der Waals surface area contributed by atoms with E-state index in [1.807, 2.05) is 41.0 Å². The maximum Gasteiger partial charge on any atom is 0.326 e. The molecule has 0 amide bonds. The lowest BCUT2D eigenvalue weighted by atomic mass is 9.98. The zero-order valence-corrected chi connectivity index (χ0v) is 16.4. The molecule has 5 rings (SSSR count). The van der Waals surface area contributed by atoms with Gasteiger partial charge in [0.2, 0.25) is 0 Å². The zero-order chi connectivity index (χ0) is 19.8. The number of fused-ring (bicyclic) bond motifs is 1. The van der Waals surface area contributed by atoms with Gasteiger partial charge in [-0.1, -0.05) is 24.3 Å². The number of ether oxygens (including phenoxy) is 1. The number of hydrogen-bond donors (Lipinski definition) is 1. The molecule has 3 aromatic rings. The highest BCUT2D eigenvalue weighted by Gasteiger charge is 2.30. The van der Waals surface area contributed by atoms with E-state index in [0.29, 0.717) is 5.92 Å². The molecule has 2 aliphatic rings. The summed E-state index contributed by atoms with van der Waals surface area (Å²) in [6, 6.07) is 14.8. The van der Waals surface area contributed by atoms with Crippen LogP contribution in [0.2, 0.25) is 0 Å². The second kappa shape index (κ2) is 7.76. The second-order valence-corrected chi connectivity index (χ2v) is 8.32. The van der Waals surface area contributed by atoms with E-state index >= 15 is 0 Å². The van der Waals surface area contributed by atoms with Gasteiger partial charge in [0.25, 0.3) is 0 Å². The Bertz CT molecular complexity index is 1030. The lowest BCUT2D eigenvalue weighted by Crippen LogP contribution is -2.39. The molecule has 2 unspecified atom stereocenters. The summed E-state index contributed by atoms with van der Waals surface area (Å²) in [6.45, 7) is 3.76. The van der Waals surface area contributed by atoms with E-state index in [4.69, 9.17) is 4.74 Å². The van der Waals surface area contributed by atoms with Crippen LogP contribution in [0.1, 0.15) is 37.0 Å². The van der Waals surface area contributed by atoms with Crippen LogP contribution in [0.3, 0.4) is 0 Å². The molecule has 2 aromatic carbocycles. The SMILES string of the molecule is O=c1[nH]c2ccccc2n1C1CCN(CC2COC(c3ccc(F)cc3)C2)CC1. The van der Waals surface area contributed by atoms with Crippen molar-refractivity contribution >= 4 is 11.0 Å². The topological polar surface area (TPSA) is 50.3 Å². The molecule has 1 N–H and O–H groups in total. The summed E-state index contributed by atoms with van der Waals surface area (Å²) in [6.07, 6.45) is 3.02. The average molecular weight is 395 g/mol. The minimum atomic E-state index is -0.208. The second-order valence-electron chi connectivity index (χ2n) is 8.32. The zero-order valence-electron chi connectivity index (χ0n) is 16.4. The molecule has 0 spiro atoms. The highest BCUT2D eigenvalue weighted by molar-refractivity contribution is 5.75. The third-order valence-corrected chi connectivity index (χ3v) is 6.38. The Kier molecular flexibility index (Phi) is 4.97. The van der Waals surface area contributed by atoms with E-state index in [0.717, 1.165) is 62.1 Å². The third kappa shape index (κ3) is 3.74. The third-order valence-electron chi connectivity index (χ3n) is 6.38. The van der Waals surface area contributed by atoms with Crippen molar-refractivity contribution in [3.63, 3.8) is 0 Å². The Labute approximate surface area is 169 Å². The Morgan fingerprint density at radius 1 is 1.07 bits per heavy atom. The summed E-state index contributed by atoms with van der Waals surface area (Å²) in [7, 11) is 0. The normalized spacial score (nSPS) is 23.8. The van der Waals surface area contributed by atoms with Crippen LogP contribution in [0.25, 0.3) is 11.0 Å². The predicted octanol–water partition coefficient (Wildman–Crippen LogP) is 3.88. The number of piperidine rings is 1. The first kappa shape index (κ1) is 18.6. The van der Waals surface area contributed by atoms with Crippen LogP contribution in [-0.4, -0.2) is 40.7 Å². The number of aromatic nitrogens is 2. The number of H-pyrrole nitrogens is 1. The van der Waals surface area contributed by atoms with Crippen molar-refractivity contribution in [2.75, 3.05) is 26.2 Å². The lowest BCUT2D eigenvalue weighted by molar-refractivity contribution is 0.100. The number of hydrogen-bond acceptors (Lipinski definition) is 3. The summed E-state index contributed by atoms with van der Waals surface area (Å²) in [4.78, 5) is 17.9. The monoisotopic (exact) mass is 395 g/mol. The smallest absolute Gasteiger partial charge is 0.326 e. The van der Waals surface area contributed by atoms with Crippen LogP contribution < -0.4 is 5.69 Å². The number of nitrogens with one attached hydrogen (secondary N) is 1. The molecule has 152 valence electrons. The van der Waals surface area contributed by atoms with Crippen LogP contribution in [0, 0.1) is 11.7 Å². The first-order valence-electron chi connectivity index (χ1n) is 10.5. The molecule has 2 saturated heterocycles. The molecule has 0 radical (unpaired) electrons. The van der Waals surface area contributed by atoms with E-state index in [1.165, 1.54) is 12.1 Å². The van der Waals surface area contributed by atoms with Gasteiger partial charge in [0.05, 0.1) is 23.7 Å². The number of para-hydroxylation sites is 2. The van der Waals surface area contributed by atoms with Crippen molar-refractivity contribution in [3.8, 4) is 0 Å². The minimum Gasteiger partial charge on any atom is -0.373 e. The van der Waals surface area contributed by atoms with Crippen LogP contribution >= 0.6 is 0 Å². The van der Waals surface area contributed by atoms with Crippen molar-refractivity contribution in [1.29, 1.82) is 0 Å². The summed E-state index contributed by atoms with van der Waals surface area (Å²) in [5.74, 6) is 0.290. The molecule has 5 nitrogen and oxygen atoms in total. The molecule has 29 heavy (non-hydrogen) atoms. The fourth-order valence-electron chi connectivity index (χ4n) is 4.89. The molecule has 0 bridgehead atoms. The average Bonchev–Trinajstić information content (AvgIpc) is 3.33. The highest BCUT2D eigenvalue weighted by atomic mass is 19.1. The highest BCUT2D eigenvalue weighted by Crippen LogP contribution is 2.34. The van der Waals surface area contributed by atoms with Crippen molar-refractivity contribution in [1.82, 2.24) is 14.5 Å². The quantitative estimate of drug-likeness (QED) is 0.729. The van der Waals surface area contributed by atoms with Crippen molar-refractivity contribution in [3.05, 3.63) is 70.4 Å². The summed E-state index contributed by atoms with van der Waals surface area (Å²) >= 11 is 0. The summed E-state index contributed by atoms with van der Waals surface area (Å²) in [5, 5.41) is 0. The van der Waals surface area contributed by atoms with Gasteiger partial charge in [-0.25, -0.2) is 9.18 Å². The first-order valence-corrected chi connectivity index (χ1v) is 10.5. The minimum absolute atomic E-state index is 0.00372. The Balaban J connectivity index is 1.18. The summed E-state index contributed by atoms with van der Waals surface area (Å²) in [5.41, 5.74) is 2.97. The van der Waals surface area contributed by atoms with Crippen LogP contribution in [0.5, 0.6) is 0 Å². The molecule has 1 aromatic heterocycles. The number of benzene rings is 2. The van der Waals surface area contributed by atoms with Gasteiger partial charge in [-0.15, -0.1) is 0 Å². The maximum absolute atomic E-state index is 13.1. The van der Waals surface area contributed by atoms with Crippen molar-refractivity contribution in [2.45, 2.75) is 31.4 Å². The first-order chi connectivity index (χ1) is 14.2. The summed E-state index contributed by atoms with van der Waals surface area (Å²) < 4.78 is 21.1.